The highest BCUT2D eigenvalue weighted by Gasteiger charge is 2.68. The Labute approximate surface area is 197 Å². The van der Waals surface area contributed by atoms with Crippen LogP contribution < -0.4 is 5.32 Å². The fraction of sp³-hybridized carbons (Fsp3) is 0.348. The van der Waals surface area contributed by atoms with Crippen LogP contribution in [0, 0.1) is 10.1 Å². The number of ether oxygens (including phenoxy) is 1. The Morgan fingerprint density at radius 2 is 1.76 bits per heavy atom. The molecule has 2 aromatic carbocycles. The van der Waals surface area contributed by atoms with Gasteiger partial charge in [0.25, 0.3) is 5.69 Å². The number of hydrogen-bond donors (Lipinski definition) is 1. The van der Waals surface area contributed by atoms with Crippen LogP contribution in [0.15, 0.2) is 54.6 Å². The fourth-order valence-electron chi connectivity index (χ4n) is 4.23. The molecule has 2 fully saturated rings. The largest absolute Gasteiger partial charge is 0.459 e. The molecule has 11 heteroatoms. The molecule has 2 heterocycles. The molecule has 2 unspecified atom stereocenters. The van der Waals surface area contributed by atoms with Gasteiger partial charge in [-0.05, 0) is 37.1 Å². The molecule has 2 aromatic rings. The van der Waals surface area contributed by atoms with E-state index < -0.39 is 49.8 Å². The molecule has 0 radical (unpaired) electrons. The van der Waals surface area contributed by atoms with E-state index in [9.17, 15) is 28.7 Å². The average molecular weight is 486 g/mol. The summed E-state index contributed by atoms with van der Waals surface area (Å²) in [7, 11) is -1.63. The molecule has 0 aliphatic carbocycles. The molecule has 0 bridgehead atoms. The van der Waals surface area contributed by atoms with E-state index in [2.05, 4.69) is 5.32 Å². The van der Waals surface area contributed by atoms with Crippen molar-refractivity contribution in [2.75, 3.05) is 0 Å². The molecule has 0 aromatic heterocycles. The van der Waals surface area contributed by atoms with Crippen LogP contribution in [0.3, 0.4) is 0 Å². The molecule has 34 heavy (non-hydrogen) atoms. The number of hydrogen-bond acceptors (Lipinski definition) is 7. The number of benzene rings is 2. The van der Waals surface area contributed by atoms with Gasteiger partial charge in [-0.3, -0.25) is 23.9 Å². The summed E-state index contributed by atoms with van der Waals surface area (Å²) in [6, 6.07) is 12.5. The molecule has 4 rings (SSSR count). The molecule has 2 saturated heterocycles. The predicted octanol–water partition coefficient (Wildman–Crippen LogP) is 1.44. The van der Waals surface area contributed by atoms with Gasteiger partial charge >= 0.3 is 5.97 Å². The van der Waals surface area contributed by atoms with Crippen LogP contribution in [0.2, 0.25) is 0 Å². The summed E-state index contributed by atoms with van der Waals surface area (Å²) in [5, 5.41) is 12.6. The summed E-state index contributed by atoms with van der Waals surface area (Å²) in [5.74, 6) is -1.58. The van der Waals surface area contributed by atoms with Gasteiger partial charge in [0.05, 0.1) is 26.9 Å². The van der Waals surface area contributed by atoms with Crippen LogP contribution >= 0.6 is 0 Å². The number of β-lactam (4-membered cyclic amide) rings is 1. The Morgan fingerprint density at radius 1 is 1.12 bits per heavy atom. The van der Waals surface area contributed by atoms with Crippen molar-refractivity contribution in [3.05, 3.63) is 75.8 Å². The second-order valence-corrected chi connectivity index (χ2v) is 10.8. The quantitative estimate of drug-likeness (QED) is 0.271. The highest BCUT2D eigenvalue weighted by molar-refractivity contribution is 7.87. The standard InChI is InChI=1S/C23H23N3O7S/c1-23(2)19(22(29)33-13-15-8-10-16(11-9-15)26(30)31)25-20(28)18(21(25)34(23)32)24-17(27)12-14-6-4-3-5-7-14/h3-11,18-19,21H,12-13H2,1-2H3,(H,24,27)/t18?,19-,21+,34?/m0/s1. The summed E-state index contributed by atoms with van der Waals surface area (Å²) >= 11 is 0. The number of carbonyl (C=O) groups is 3. The maximum Gasteiger partial charge on any atom is 0.330 e. The molecular formula is C23H23N3O7S. The van der Waals surface area contributed by atoms with Crippen molar-refractivity contribution in [3.63, 3.8) is 0 Å². The van der Waals surface area contributed by atoms with Crippen molar-refractivity contribution in [3.8, 4) is 0 Å². The lowest BCUT2D eigenvalue weighted by Gasteiger charge is -2.43. The van der Waals surface area contributed by atoms with E-state index in [0.29, 0.717) is 5.56 Å². The first-order valence-corrected chi connectivity index (χ1v) is 11.8. The van der Waals surface area contributed by atoms with E-state index in [1.165, 1.54) is 29.2 Å². The third kappa shape index (κ3) is 4.18. The van der Waals surface area contributed by atoms with Crippen molar-refractivity contribution in [2.24, 2.45) is 0 Å². The number of esters is 1. The maximum atomic E-state index is 13.2. The van der Waals surface area contributed by atoms with Crippen LogP contribution in [0.25, 0.3) is 0 Å². The summed E-state index contributed by atoms with van der Waals surface area (Å²) < 4.78 is 17.4. The van der Waals surface area contributed by atoms with E-state index in [4.69, 9.17) is 4.74 Å². The highest BCUT2D eigenvalue weighted by atomic mass is 32.2. The van der Waals surface area contributed by atoms with E-state index in [0.717, 1.165) is 5.56 Å². The van der Waals surface area contributed by atoms with Gasteiger partial charge in [-0.2, -0.15) is 0 Å². The van der Waals surface area contributed by atoms with Gasteiger partial charge in [0.1, 0.15) is 24.1 Å². The second-order valence-electron chi connectivity index (χ2n) is 8.68. The van der Waals surface area contributed by atoms with Gasteiger partial charge in [0.15, 0.2) is 0 Å². The maximum absolute atomic E-state index is 13.2. The van der Waals surface area contributed by atoms with Crippen LogP contribution in [0.5, 0.6) is 0 Å². The smallest absolute Gasteiger partial charge is 0.330 e. The lowest BCUT2D eigenvalue weighted by atomic mass is 9.95. The summed E-state index contributed by atoms with van der Waals surface area (Å²) in [6.45, 7) is 3.09. The molecule has 0 saturated carbocycles. The molecular weight excluding hydrogens is 462 g/mol. The van der Waals surface area contributed by atoms with Crippen molar-refractivity contribution in [1.82, 2.24) is 10.2 Å². The second kappa shape index (κ2) is 8.98. The fourth-order valence-corrected chi connectivity index (χ4v) is 6.14. The van der Waals surface area contributed by atoms with E-state index in [-0.39, 0.29) is 24.6 Å². The van der Waals surface area contributed by atoms with Gasteiger partial charge in [0, 0.05) is 12.1 Å². The van der Waals surface area contributed by atoms with E-state index >= 15 is 0 Å². The van der Waals surface area contributed by atoms with Crippen molar-refractivity contribution < 1.29 is 28.3 Å². The number of nitro benzene ring substituents is 1. The number of non-ortho nitro benzene ring substituents is 1. The van der Waals surface area contributed by atoms with Crippen LogP contribution in [0.1, 0.15) is 25.0 Å². The van der Waals surface area contributed by atoms with Crippen LogP contribution in [-0.4, -0.2) is 54.0 Å². The first-order chi connectivity index (χ1) is 16.1. The summed E-state index contributed by atoms with van der Waals surface area (Å²) in [6.07, 6.45) is 0.0775. The normalized spacial score (nSPS) is 24.6. The zero-order valence-electron chi connectivity index (χ0n) is 18.5. The number of nitro groups is 1. The molecule has 4 atom stereocenters. The van der Waals surface area contributed by atoms with Crippen molar-refractivity contribution in [1.29, 1.82) is 0 Å². The molecule has 2 aliphatic rings. The summed E-state index contributed by atoms with van der Waals surface area (Å²) in [4.78, 5) is 49.7. The molecule has 0 spiro atoms. The van der Waals surface area contributed by atoms with Gasteiger partial charge in [-0.1, -0.05) is 30.3 Å². The Hall–Kier alpha value is -3.60. The molecule has 10 nitrogen and oxygen atoms in total. The topological polar surface area (TPSA) is 136 Å². The molecule has 2 aliphatic heterocycles. The number of rotatable bonds is 7. The van der Waals surface area contributed by atoms with E-state index in [1.54, 1.807) is 38.1 Å². The Balaban J connectivity index is 1.42. The zero-order valence-corrected chi connectivity index (χ0v) is 19.3. The number of amides is 2. The minimum absolute atomic E-state index is 0.0775. The SMILES string of the molecule is CC1(C)[C@H](C(=O)OCc2ccc([N+](=O)[O-])cc2)N2C(=O)C(NC(=O)Cc3ccccc3)[C@H]2S1=O. The predicted molar refractivity (Wildman–Crippen MR) is 122 cm³/mol. The highest BCUT2D eigenvalue weighted by Crippen LogP contribution is 2.44. The lowest BCUT2D eigenvalue weighted by Crippen LogP contribution is -2.71. The van der Waals surface area contributed by atoms with Crippen molar-refractivity contribution in [2.45, 2.75) is 49.1 Å². The minimum Gasteiger partial charge on any atom is -0.459 e. The van der Waals surface area contributed by atoms with Crippen LogP contribution in [0.4, 0.5) is 5.69 Å². The van der Waals surface area contributed by atoms with Crippen molar-refractivity contribution >= 4 is 34.3 Å². The number of nitrogens with zero attached hydrogens (tertiary/aromatic N) is 2. The van der Waals surface area contributed by atoms with Gasteiger partial charge in [-0.25, -0.2) is 4.79 Å². The van der Waals surface area contributed by atoms with Crippen LogP contribution in [-0.2, 0) is 42.9 Å². The van der Waals surface area contributed by atoms with Gasteiger partial charge < -0.3 is 15.0 Å². The zero-order chi connectivity index (χ0) is 24.6. The number of fused-ring (bicyclic) bond motifs is 1. The molecule has 1 N–H and O–H groups in total. The number of nitrogens with one attached hydrogen (secondary N) is 1. The third-order valence-electron chi connectivity index (χ3n) is 6.03. The first-order valence-electron chi connectivity index (χ1n) is 10.6. The molecule has 178 valence electrons. The third-order valence-corrected chi connectivity index (χ3v) is 8.23. The lowest BCUT2D eigenvalue weighted by molar-refractivity contribution is -0.384. The first kappa shape index (κ1) is 23.6. The average Bonchev–Trinajstić information content (AvgIpc) is 3.00. The van der Waals surface area contributed by atoms with Gasteiger partial charge in [0.2, 0.25) is 11.8 Å². The van der Waals surface area contributed by atoms with Gasteiger partial charge in [-0.15, -0.1) is 0 Å². The minimum atomic E-state index is -1.63. The molecule has 2 amide bonds. The summed E-state index contributed by atoms with van der Waals surface area (Å²) in [5.41, 5.74) is 1.23. The van der Waals surface area contributed by atoms with E-state index in [1.807, 2.05) is 6.07 Å². The monoisotopic (exact) mass is 485 g/mol. The Kier molecular flexibility index (Phi) is 6.22. The Bertz CT molecular complexity index is 1170. The Morgan fingerprint density at radius 3 is 2.38 bits per heavy atom. The number of carbonyl (C=O) groups excluding carboxylic acids is 3.